The average Bonchev–Trinajstić information content (AvgIpc) is 2.96. The molecule has 1 atom stereocenters. The van der Waals surface area contributed by atoms with Crippen molar-refractivity contribution in [2.24, 2.45) is 0 Å². The van der Waals surface area contributed by atoms with Crippen LogP contribution in [0.1, 0.15) is 18.9 Å². The zero-order valence-corrected chi connectivity index (χ0v) is 12.5. The fourth-order valence-corrected chi connectivity index (χ4v) is 2.33. The van der Waals surface area contributed by atoms with E-state index in [1.807, 2.05) is 24.3 Å². The number of nitrogens with one attached hydrogen (secondary N) is 1. The van der Waals surface area contributed by atoms with Crippen LogP contribution in [0.3, 0.4) is 0 Å². The van der Waals surface area contributed by atoms with Crippen molar-refractivity contribution in [3.63, 3.8) is 0 Å². The normalized spacial score (nSPS) is 17.7. The number of esters is 1. The minimum Gasteiger partial charge on any atom is -0.465 e. The first-order valence-corrected chi connectivity index (χ1v) is 7.28. The van der Waals surface area contributed by atoms with Gasteiger partial charge in [0, 0.05) is 30.9 Å². The van der Waals surface area contributed by atoms with Crippen LogP contribution in [-0.2, 0) is 9.53 Å². The molecule has 2 N–H and O–H groups in total. The first-order chi connectivity index (χ1) is 10.6. The Morgan fingerprint density at radius 2 is 2.14 bits per heavy atom. The lowest BCUT2D eigenvalue weighted by atomic mass is 10.1. The van der Waals surface area contributed by atoms with E-state index in [-0.39, 0.29) is 12.0 Å². The van der Waals surface area contributed by atoms with Crippen LogP contribution in [-0.4, -0.2) is 47.8 Å². The van der Waals surface area contributed by atoms with Crippen LogP contribution in [0.4, 0.5) is 10.5 Å². The van der Waals surface area contributed by atoms with Gasteiger partial charge in [0.2, 0.25) is 0 Å². The molecule has 1 aromatic rings. The standard InChI is InChI=1S/C16H20N2O4/c1-2-22-15(19)8-5-12-3-6-13(7-4-12)17-14-9-10-18(11-14)16(20)21/h3-8,14,17H,2,9-11H2,1H3,(H,20,21)/t14-/m1/s1. The third-order valence-electron chi connectivity index (χ3n) is 3.44. The van der Waals surface area contributed by atoms with E-state index >= 15 is 0 Å². The third kappa shape index (κ3) is 4.51. The quantitative estimate of drug-likeness (QED) is 0.645. The lowest BCUT2D eigenvalue weighted by Crippen LogP contribution is -2.30. The molecule has 1 heterocycles. The highest BCUT2D eigenvalue weighted by atomic mass is 16.5. The van der Waals surface area contributed by atoms with Crippen LogP contribution in [0.2, 0.25) is 0 Å². The number of hydrogen-bond donors (Lipinski definition) is 2. The van der Waals surface area contributed by atoms with Crippen molar-refractivity contribution in [2.45, 2.75) is 19.4 Å². The van der Waals surface area contributed by atoms with Crippen molar-refractivity contribution in [1.82, 2.24) is 4.90 Å². The van der Waals surface area contributed by atoms with Gasteiger partial charge in [-0.25, -0.2) is 9.59 Å². The molecule has 1 amide bonds. The van der Waals surface area contributed by atoms with E-state index in [1.165, 1.54) is 11.0 Å². The van der Waals surface area contributed by atoms with Crippen molar-refractivity contribution in [2.75, 3.05) is 25.0 Å². The first-order valence-electron chi connectivity index (χ1n) is 7.28. The fourth-order valence-electron chi connectivity index (χ4n) is 2.33. The van der Waals surface area contributed by atoms with Crippen LogP contribution in [0.5, 0.6) is 0 Å². The van der Waals surface area contributed by atoms with Crippen molar-refractivity contribution in [3.05, 3.63) is 35.9 Å². The number of likely N-dealkylation sites (tertiary alicyclic amines) is 1. The fraction of sp³-hybridized carbons (Fsp3) is 0.375. The molecule has 0 aromatic heterocycles. The second-order valence-corrected chi connectivity index (χ2v) is 5.07. The second kappa shape index (κ2) is 7.49. The van der Waals surface area contributed by atoms with Gasteiger partial charge in [-0.05, 0) is 37.1 Å². The summed E-state index contributed by atoms with van der Waals surface area (Å²) in [4.78, 5) is 23.5. The van der Waals surface area contributed by atoms with Gasteiger partial charge in [-0.3, -0.25) is 0 Å². The highest BCUT2D eigenvalue weighted by molar-refractivity contribution is 5.87. The molecule has 0 spiro atoms. The smallest absolute Gasteiger partial charge is 0.407 e. The van der Waals surface area contributed by atoms with Crippen molar-refractivity contribution in [1.29, 1.82) is 0 Å². The Kier molecular flexibility index (Phi) is 5.41. The van der Waals surface area contributed by atoms with E-state index in [9.17, 15) is 9.59 Å². The molecule has 6 heteroatoms. The summed E-state index contributed by atoms with van der Waals surface area (Å²) in [5.41, 5.74) is 1.84. The topological polar surface area (TPSA) is 78.9 Å². The zero-order valence-electron chi connectivity index (χ0n) is 12.5. The summed E-state index contributed by atoms with van der Waals surface area (Å²) in [7, 11) is 0. The van der Waals surface area contributed by atoms with Gasteiger partial charge in [-0.2, -0.15) is 0 Å². The molecule has 2 rings (SSSR count). The molecule has 1 aromatic carbocycles. The van der Waals surface area contributed by atoms with Gasteiger partial charge >= 0.3 is 12.1 Å². The van der Waals surface area contributed by atoms with Gasteiger partial charge in [0.05, 0.1) is 6.61 Å². The average molecular weight is 304 g/mol. The molecule has 1 aliphatic heterocycles. The predicted octanol–water partition coefficient (Wildman–Crippen LogP) is 2.43. The van der Waals surface area contributed by atoms with Crippen molar-refractivity contribution in [3.8, 4) is 0 Å². The molecule has 1 aliphatic rings. The van der Waals surface area contributed by atoms with Crippen LogP contribution in [0.25, 0.3) is 6.08 Å². The van der Waals surface area contributed by atoms with Gasteiger partial charge in [-0.1, -0.05) is 12.1 Å². The molecular formula is C16H20N2O4. The van der Waals surface area contributed by atoms with E-state index in [4.69, 9.17) is 9.84 Å². The van der Waals surface area contributed by atoms with Gasteiger partial charge in [0.15, 0.2) is 0 Å². The highest BCUT2D eigenvalue weighted by Gasteiger charge is 2.25. The Bertz CT molecular complexity index is 554. The molecule has 0 unspecified atom stereocenters. The van der Waals surface area contributed by atoms with E-state index in [0.717, 1.165) is 17.7 Å². The number of rotatable bonds is 5. The lowest BCUT2D eigenvalue weighted by Gasteiger charge is -2.15. The van der Waals surface area contributed by atoms with Crippen LogP contribution in [0.15, 0.2) is 30.3 Å². The molecule has 0 aliphatic carbocycles. The molecular weight excluding hydrogens is 284 g/mol. The Hall–Kier alpha value is -2.50. The Morgan fingerprint density at radius 1 is 1.41 bits per heavy atom. The molecule has 1 fully saturated rings. The molecule has 1 saturated heterocycles. The van der Waals surface area contributed by atoms with Crippen LogP contribution < -0.4 is 5.32 Å². The summed E-state index contributed by atoms with van der Waals surface area (Å²) in [6.45, 7) is 3.19. The molecule has 0 saturated carbocycles. The Labute approximate surface area is 129 Å². The highest BCUT2D eigenvalue weighted by Crippen LogP contribution is 2.17. The monoisotopic (exact) mass is 304 g/mol. The second-order valence-electron chi connectivity index (χ2n) is 5.07. The van der Waals surface area contributed by atoms with Crippen LogP contribution >= 0.6 is 0 Å². The number of carbonyl (C=O) groups is 2. The Morgan fingerprint density at radius 3 is 2.73 bits per heavy atom. The van der Waals surface area contributed by atoms with Gasteiger partial charge < -0.3 is 20.1 Å². The molecule has 0 bridgehead atoms. The SMILES string of the molecule is CCOC(=O)C=Cc1ccc(N[C@@H]2CCN(C(=O)O)C2)cc1. The number of nitrogens with zero attached hydrogens (tertiary/aromatic N) is 1. The Balaban J connectivity index is 1.87. The summed E-state index contributed by atoms with van der Waals surface area (Å²) in [5, 5.41) is 12.2. The van der Waals surface area contributed by atoms with E-state index in [0.29, 0.717) is 19.7 Å². The number of anilines is 1. The summed E-state index contributed by atoms with van der Waals surface area (Å²) >= 11 is 0. The van der Waals surface area contributed by atoms with E-state index in [2.05, 4.69) is 5.32 Å². The zero-order chi connectivity index (χ0) is 15.9. The maximum absolute atomic E-state index is 11.2. The largest absolute Gasteiger partial charge is 0.465 e. The maximum Gasteiger partial charge on any atom is 0.407 e. The maximum atomic E-state index is 11.2. The van der Waals surface area contributed by atoms with E-state index < -0.39 is 6.09 Å². The van der Waals surface area contributed by atoms with Crippen molar-refractivity contribution >= 4 is 23.8 Å². The predicted molar refractivity (Wildman–Crippen MR) is 83.7 cm³/mol. The van der Waals surface area contributed by atoms with Crippen molar-refractivity contribution < 1.29 is 19.4 Å². The van der Waals surface area contributed by atoms with Gasteiger partial charge in [-0.15, -0.1) is 0 Å². The summed E-state index contributed by atoms with van der Waals surface area (Å²) in [5.74, 6) is -0.357. The first kappa shape index (κ1) is 15.9. The number of hydrogen-bond acceptors (Lipinski definition) is 4. The number of carbonyl (C=O) groups excluding carboxylic acids is 1. The summed E-state index contributed by atoms with van der Waals surface area (Å²) < 4.78 is 4.81. The van der Waals surface area contributed by atoms with Gasteiger partial charge in [0.1, 0.15) is 0 Å². The van der Waals surface area contributed by atoms with E-state index in [1.54, 1.807) is 13.0 Å². The molecule has 0 radical (unpaired) electrons. The third-order valence-corrected chi connectivity index (χ3v) is 3.44. The number of benzene rings is 1. The molecule has 6 nitrogen and oxygen atoms in total. The number of carboxylic acid groups (broad SMARTS) is 1. The summed E-state index contributed by atoms with van der Waals surface area (Å²) in [6, 6.07) is 7.74. The van der Waals surface area contributed by atoms with Crippen LogP contribution in [0, 0.1) is 0 Å². The van der Waals surface area contributed by atoms with Gasteiger partial charge in [0.25, 0.3) is 0 Å². The minimum atomic E-state index is -0.872. The number of ether oxygens (including phenoxy) is 1. The minimum absolute atomic E-state index is 0.136. The number of amides is 1. The lowest BCUT2D eigenvalue weighted by molar-refractivity contribution is -0.137. The molecule has 118 valence electrons. The molecule has 22 heavy (non-hydrogen) atoms. The summed E-state index contributed by atoms with van der Waals surface area (Å²) in [6.07, 6.45) is 3.03.